The van der Waals surface area contributed by atoms with Crippen LogP contribution in [-0.4, -0.2) is 16.7 Å². The van der Waals surface area contributed by atoms with Gasteiger partial charge < -0.3 is 10.6 Å². The first-order valence-corrected chi connectivity index (χ1v) is 9.37. The van der Waals surface area contributed by atoms with Crippen molar-refractivity contribution in [2.45, 2.75) is 13.8 Å². The third kappa shape index (κ3) is 4.47. The van der Waals surface area contributed by atoms with E-state index < -0.39 is 10.8 Å². The molecule has 8 heteroatoms. The number of amides is 2. The fourth-order valence-corrected chi connectivity index (χ4v) is 3.12. The van der Waals surface area contributed by atoms with Crippen molar-refractivity contribution in [3.8, 4) is 0 Å². The van der Waals surface area contributed by atoms with Crippen molar-refractivity contribution >= 4 is 40.5 Å². The van der Waals surface area contributed by atoms with Crippen LogP contribution in [0.2, 0.25) is 5.02 Å². The number of para-hydroxylation sites is 1. The molecule has 0 aromatic heterocycles. The second kappa shape index (κ2) is 8.75. The van der Waals surface area contributed by atoms with Gasteiger partial charge in [-0.25, -0.2) is 0 Å². The van der Waals surface area contributed by atoms with Crippen LogP contribution in [0.3, 0.4) is 0 Å². The van der Waals surface area contributed by atoms with Gasteiger partial charge in [0.15, 0.2) is 0 Å². The van der Waals surface area contributed by atoms with Gasteiger partial charge in [-0.05, 0) is 49.2 Å². The second-order valence-corrected chi connectivity index (χ2v) is 7.03. The number of hydrogen-bond acceptors (Lipinski definition) is 4. The summed E-state index contributed by atoms with van der Waals surface area (Å²) in [6.45, 7) is 3.86. The first-order valence-electron chi connectivity index (χ1n) is 9.00. The molecule has 3 rings (SSSR count). The maximum atomic E-state index is 12.8. The van der Waals surface area contributed by atoms with E-state index in [1.54, 1.807) is 30.3 Å². The molecule has 2 N–H and O–H groups in total. The zero-order valence-electron chi connectivity index (χ0n) is 16.2. The monoisotopic (exact) mass is 423 g/mol. The number of benzene rings is 3. The van der Waals surface area contributed by atoms with E-state index in [2.05, 4.69) is 10.6 Å². The van der Waals surface area contributed by atoms with E-state index in [4.69, 9.17) is 11.6 Å². The molecular weight excluding hydrogens is 406 g/mol. The van der Waals surface area contributed by atoms with E-state index in [9.17, 15) is 19.7 Å². The Bertz CT molecular complexity index is 1160. The predicted octanol–water partition coefficient (Wildman–Crippen LogP) is 5.37. The predicted molar refractivity (Wildman–Crippen MR) is 116 cm³/mol. The highest BCUT2D eigenvalue weighted by molar-refractivity contribution is 6.34. The van der Waals surface area contributed by atoms with Crippen LogP contribution in [0, 0.1) is 24.0 Å². The summed E-state index contributed by atoms with van der Waals surface area (Å²) >= 11 is 6.03. The fraction of sp³-hybridized carbons (Fsp3) is 0.0909. The normalized spacial score (nSPS) is 10.4. The van der Waals surface area contributed by atoms with Crippen molar-refractivity contribution in [3.05, 3.63) is 98.1 Å². The van der Waals surface area contributed by atoms with E-state index in [1.807, 2.05) is 26.0 Å². The van der Waals surface area contributed by atoms with Gasteiger partial charge in [-0.1, -0.05) is 35.9 Å². The number of aryl methyl sites for hydroxylation is 1. The lowest BCUT2D eigenvalue weighted by molar-refractivity contribution is -0.384. The zero-order chi connectivity index (χ0) is 21.8. The van der Waals surface area contributed by atoms with Crippen LogP contribution in [0.4, 0.5) is 17.1 Å². The number of rotatable bonds is 5. The summed E-state index contributed by atoms with van der Waals surface area (Å²) in [6, 6.07) is 15.7. The van der Waals surface area contributed by atoms with Gasteiger partial charge in [0.05, 0.1) is 26.8 Å². The van der Waals surface area contributed by atoms with Crippen LogP contribution in [0.25, 0.3) is 0 Å². The zero-order valence-corrected chi connectivity index (χ0v) is 17.0. The number of hydrogen-bond donors (Lipinski definition) is 2. The molecule has 0 aliphatic rings. The number of nitro benzene ring substituents is 1. The minimum Gasteiger partial charge on any atom is -0.322 e. The molecule has 0 atom stereocenters. The van der Waals surface area contributed by atoms with Gasteiger partial charge in [0, 0.05) is 17.8 Å². The van der Waals surface area contributed by atoms with Gasteiger partial charge in [0.2, 0.25) is 0 Å². The Kier molecular flexibility index (Phi) is 6.13. The minimum atomic E-state index is -0.597. The summed E-state index contributed by atoms with van der Waals surface area (Å²) in [5, 5.41) is 16.3. The van der Waals surface area contributed by atoms with E-state index in [1.165, 1.54) is 12.1 Å². The molecule has 0 bridgehead atoms. The molecule has 0 unspecified atom stereocenters. The Labute approximate surface area is 177 Å². The summed E-state index contributed by atoms with van der Waals surface area (Å²) < 4.78 is 0. The number of non-ortho nitro benzene ring substituents is 1. The maximum absolute atomic E-state index is 12.8. The van der Waals surface area contributed by atoms with E-state index in [0.717, 1.165) is 17.2 Å². The number of halogens is 1. The van der Waals surface area contributed by atoms with Gasteiger partial charge in [-0.15, -0.1) is 0 Å². The van der Waals surface area contributed by atoms with Crippen LogP contribution in [0.15, 0.2) is 60.7 Å². The molecule has 3 aromatic carbocycles. The smallest absolute Gasteiger partial charge is 0.270 e. The average molecular weight is 424 g/mol. The molecule has 30 heavy (non-hydrogen) atoms. The van der Waals surface area contributed by atoms with Gasteiger partial charge in [0.1, 0.15) is 0 Å². The lowest BCUT2D eigenvalue weighted by Gasteiger charge is -2.14. The van der Waals surface area contributed by atoms with Crippen LogP contribution in [-0.2, 0) is 0 Å². The summed E-state index contributed by atoms with van der Waals surface area (Å²) in [5.74, 6) is -0.962. The van der Waals surface area contributed by atoms with Crippen molar-refractivity contribution in [3.63, 3.8) is 0 Å². The average Bonchev–Trinajstić information content (AvgIpc) is 2.71. The third-order valence-electron chi connectivity index (χ3n) is 4.68. The first-order chi connectivity index (χ1) is 14.3. The van der Waals surface area contributed by atoms with E-state index in [0.29, 0.717) is 11.4 Å². The van der Waals surface area contributed by atoms with Crippen molar-refractivity contribution in [1.82, 2.24) is 0 Å². The number of carbonyl (C=O) groups excluding carboxylic acids is 2. The Hall–Kier alpha value is -3.71. The highest BCUT2D eigenvalue weighted by atomic mass is 35.5. The molecule has 0 aliphatic carbocycles. The Morgan fingerprint density at radius 1 is 0.867 bits per heavy atom. The molecule has 0 heterocycles. The quantitative estimate of drug-likeness (QED) is 0.425. The van der Waals surface area contributed by atoms with Gasteiger partial charge in [-0.2, -0.15) is 0 Å². The Morgan fingerprint density at radius 2 is 1.50 bits per heavy atom. The molecule has 0 saturated carbocycles. The highest BCUT2D eigenvalue weighted by Crippen LogP contribution is 2.25. The first kappa shape index (κ1) is 21.0. The highest BCUT2D eigenvalue weighted by Gasteiger charge is 2.18. The maximum Gasteiger partial charge on any atom is 0.270 e. The summed E-state index contributed by atoms with van der Waals surface area (Å²) in [4.78, 5) is 35.7. The molecular formula is C22H18ClN3O4. The number of nitrogens with zero attached hydrogens (tertiary/aromatic N) is 1. The lowest BCUT2D eigenvalue weighted by atomic mass is 10.1. The lowest BCUT2D eigenvalue weighted by Crippen LogP contribution is -2.19. The molecule has 0 saturated heterocycles. The van der Waals surface area contributed by atoms with Crippen LogP contribution >= 0.6 is 11.6 Å². The number of anilines is 2. The number of nitro groups is 1. The standard InChI is InChI=1S/C22H18ClN3O4/c1-13-6-5-9-19(14(13)2)24-22(28)17-7-3-4-8-20(17)25-21(27)16-11-10-15(26(29)30)12-18(16)23/h3-12H,1-2H3,(H,24,28)(H,25,27). The van der Waals surface area contributed by atoms with Gasteiger partial charge in [0.25, 0.3) is 17.5 Å². The van der Waals surface area contributed by atoms with Crippen LogP contribution < -0.4 is 10.6 Å². The van der Waals surface area contributed by atoms with Crippen molar-refractivity contribution in [1.29, 1.82) is 0 Å². The molecule has 0 fully saturated rings. The fourth-order valence-electron chi connectivity index (χ4n) is 2.86. The third-order valence-corrected chi connectivity index (χ3v) is 4.99. The van der Waals surface area contributed by atoms with Crippen LogP contribution in [0.1, 0.15) is 31.8 Å². The largest absolute Gasteiger partial charge is 0.322 e. The summed E-state index contributed by atoms with van der Waals surface area (Å²) in [6.07, 6.45) is 0. The summed E-state index contributed by atoms with van der Waals surface area (Å²) in [5.41, 5.74) is 3.08. The van der Waals surface area contributed by atoms with Crippen molar-refractivity contribution in [2.24, 2.45) is 0 Å². The number of carbonyl (C=O) groups is 2. The molecule has 152 valence electrons. The minimum absolute atomic E-state index is 0.0565. The molecule has 7 nitrogen and oxygen atoms in total. The van der Waals surface area contributed by atoms with Crippen LogP contribution in [0.5, 0.6) is 0 Å². The topological polar surface area (TPSA) is 101 Å². The molecule has 2 amide bonds. The summed E-state index contributed by atoms with van der Waals surface area (Å²) in [7, 11) is 0. The SMILES string of the molecule is Cc1cccc(NC(=O)c2ccccc2NC(=O)c2ccc([N+](=O)[O-])cc2Cl)c1C. The van der Waals surface area contributed by atoms with Gasteiger partial charge in [-0.3, -0.25) is 19.7 Å². The second-order valence-electron chi connectivity index (χ2n) is 6.62. The molecule has 0 spiro atoms. The van der Waals surface area contributed by atoms with Crippen molar-refractivity contribution < 1.29 is 14.5 Å². The Morgan fingerprint density at radius 3 is 2.20 bits per heavy atom. The van der Waals surface area contributed by atoms with Gasteiger partial charge >= 0.3 is 0 Å². The molecule has 0 aliphatic heterocycles. The van der Waals surface area contributed by atoms with E-state index >= 15 is 0 Å². The molecule has 0 radical (unpaired) electrons. The van der Waals surface area contributed by atoms with Crippen molar-refractivity contribution in [2.75, 3.05) is 10.6 Å². The van der Waals surface area contributed by atoms with E-state index in [-0.39, 0.29) is 27.7 Å². The Balaban J connectivity index is 1.85. The number of nitrogens with one attached hydrogen (secondary N) is 2. The molecule has 3 aromatic rings.